The molecule has 130 valence electrons. The van der Waals surface area contributed by atoms with Crippen molar-refractivity contribution in [3.63, 3.8) is 0 Å². The van der Waals surface area contributed by atoms with E-state index in [9.17, 15) is 4.79 Å². The van der Waals surface area contributed by atoms with Crippen LogP contribution in [0.5, 0.6) is 0 Å². The van der Waals surface area contributed by atoms with Gasteiger partial charge in [-0.3, -0.25) is 14.4 Å². The fourth-order valence-corrected chi connectivity index (χ4v) is 3.10. The fourth-order valence-electron chi connectivity index (χ4n) is 3.10. The third-order valence-corrected chi connectivity index (χ3v) is 4.38. The highest BCUT2D eigenvalue weighted by molar-refractivity contribution is 5.93. The van der Waals surface area contributed by atoms with Crippen LogP contribution in [0.25, 0.3) is 0 Å². The van der Waals surface area contributed by atoms with E-state index in [0.717, 1.165) is 30.8 Å². The van der Waals surface area contributed by atoms with Crippen LogP contribution in [-0.4, -0.2) is 58.8 Å². The van der Waals surface area contributed by atoms with Crippen LogP contribution in [0.1, 0.15) is 28.2 Å². The van der Waals surface area contributed by atoms with E-state index in [2.05, 4.69) is 10.00 Å². The Morgan fingerprint density at radius 3 is 3.04 bits per heavy atom. The van der Waals surface area contributed by atoms with Gasteiger partial charge in [0.15, 0.2) is 5.69 Å². The molecule has 0 bridgehead atoms. The zero-order valence-electron chi connectivity index (χ0n) is 14.4. The molecule has 0 N–H and O–H groups in total. The van der Waals surface area contributed by atoms with E-state index >= 15 is 0 Å². The second kappa shape index (κ2) is 7.19. The Morgan fingerprint density at radius 1 is 1.54 bits per heavy atom. The lowest BCUT2D eigenvalue weighted by atomic mass is 10.2. The molecule has 1 saturated heterocycles. The molecule has 7 heteroatoms. The summed E-state index contributed by atoms with van der Waals surface area (Å²) in [5, 5.41) is 4.38. The number of amides is 1. The van der Waals surface area contributed by atoms with E-state index in [1.165, 1.54) is 0 Å². The average Bonchev–Trinajstić information content (AvgIpc) is 3.28. The largest absolute Gasteiger partial charge is 0.467 e. The maximum atomic E-state index is 12.8. The number of aryl methyl sites for hydroxylation is 1. The van der Waals surface area contributed by atoms with E-state index in [0.29, 0.717) is 18.8 Å². The van der Waals surface area contributed by atoms with Crippen molar-refractivity contribution in [2.45, 2.75) is 25.6 Å². The molecule has 24 heavy (non-hydrogen) atoms. The standard InChI is InChI=1S/C17H24N4O3/c1-19(11-15-5-4-8-24-15)17(22)16-13(9-20(2)18-16)10-21-7-6-14(12-21)23-3/h4-5,8-9,14H,6-7,10-12H2,1-3H3. The van der Waals surface area contributed by atoms with Crippen molar-refractivity contribution in [1.82, 2.24) is 19.6 Å². The molecule has 7 nitrogen and oxygen atoms in total. The SMILES string of the molecule is COC1CCN(Cc2cn(C)nc2C(=O)N(C)Cc2ccco2)C1. The van der Waals surface area contributed by atoms with Crippen LogP contribution in [0.2, 0.25) is 0 Å². The lowest BCUT2D eigenvalue weighted by Crippen LogP contribution is -2.29. The molecule has 1 unspecified atom stereocenters. The number of methoxy groups -OCH3 is 1. The predicted octanol–water partition coefficient (Wildman–Crippen LogP) is 1.51. The molecule has 0 saturated carbocycles. The second-order valence-electron chi connectivity index (χ2n) is 6.30. The third kappa shape index (κ3) is 3.68. The summed E-state index contributed by atoms with van der Waals surface area (Å²) in [6, 6.07) is 3.68. The van der Waals surface area contributed by atoms with Gasteiger partial charge in [0, 0.05) is 52.6 Å². The number of nitrogens with zero attached hydrogens (tertiary/aromatic N) is 4. The Bertz CT molecular complexity index is 680. The van der Waals surface area contributed by atoms with E-state index in [1.54, 1.807) is 30.0 Å². The molecule has 0 radical (unpaired) electrons. The lowest BCUT2D eigenvalue weighted by Gasteiger charge is -2.18. The van der Waals surface area contributed by atoms with Gasteiger partial charge in [0.25, 0.3) is 5.91 Å². The molecular weight excluding hydrogens is 308 g/mol. The number of aromatic nitrogens is 2. The van der Waals surface area contributed by atoms with Crippen LogP contribution in [0.4, 0.5) is 0 Å². The van der Waals surface area contributed by atoms with Gasteiger partial charge in [0.05, 0.1) is 18.9 Å². The Morgan fingerprint density at radius 2 is 2.38 bits per heavy atom. The third-order valence-electron chi connectivity index (χ3n) is 4.38. The second-order valence-corrected chi connectivity index (χ2v) is 6.30. The summed E-state index contributed by atoms with van der Waals surface area (Å²) in [6.07, 6.45) is 4.84. The Balaban J connectivity index is 1.70. The molecule has 1 aliphatic rings. The smallest absolute Gasteiger partial charge is 0.274 e. The normalized spacial score (nSPS) is 18.2. The van der Waals surface area contributed by atoms with Gasteiger partial charge in [-0.1, -0.05) is 0 Å². The minimum atomic E-state index is -0.0931. The quantitative estimate of drug-likeness (QED) is 0.802. The number of hydrogen-bond donors (Lipinski definition) is 0. The maximum Gasteiger partial charge on any atom is 0.274 e. The molecule has 1 amide bonds. The van der Waals surface area contributed by atoms with Crippen LogP contribution in [0, 0.1) is 0 Å². The summed E-state index contributed by atoms with van der Waals surface area (Å²) in [4.78, 5) is 16.7. The minimum Gasteiger partial charge on any atom is -0.467 e. The van der Waals surface area contributed by atoms with Crippen molar-refractivity contribution >= 4 is 5.91 Å². The summed E-state index contributed by atoms with van der Waals surface area (Å²) in [7, 11) is 5.35. The van der Waals surface area contributed by atoms with Crippen LogP contribution >= 0.6 is 0 Å². The van der Waals surface area contributed by atoms with Crippen molar-refractivity contribution in [3.8, 4) is 0 Å². The highest BCUT2D eigenvalue weighted by Crippen LogP contribution is 2.18. The van der Waals surface area contributed by atoms with Crippen LogP contribution < -0.4 is 0 Å². The van der Waals surface area contributed by atoms with Crippen LogP contribution in [0.15, 0.2) is 29.0 Å². The van der Waals surface area contributed by atoms with Crippen molar-refractivity contribution in [1.29, 1.82) is 0 Å². The first-order valence-corrected chi connectivity index (χ1v) is 8.12. The molecule has 1 fully saturated rings. The topological polar surface area (TPSA) is 63.7 Å². The molecule has 0 aliphatic carbocycles. The summed E-state index contributed by atoms with van der Waals surface area (Å²) in [5.41, 5.74) is 1.46. The molecule has 1 aliphatic heterocycles. The predicted molar refractivity (Wildman–Crippen MR) is 88.4 cm³/mol. The number of rotatable bonds is 6. The van der Waals surface area contributed by atoms with E-state index < -0.39 is 0 Å². The Labute approximate surface area is 141 Å². The number of ether oxygens (including phenoxy) is 1. The van der Waals surface area contributed by atoms with Gasteiger partial charge in [0.2, 0.25) is 0 Å². The van der Waals surface area contributed by atoms with E-state index in [4.69, 9.17) is 9.15 Å². The van der Waals surface area contributed by atoms with Crippen molar-refractivity contribution in [3.05, 3.63) is 41.6 Å². The molecule has 0 spiro atoms. The van der Waals surface area contributed by atoms with Crippen LogP contribution in [0.3, 0.4) is 0 Å². The molecule has 1 atom stereocenters. The molecule has 2 aromatic heterocycles. The number of carbonyl (C=O) groups excluding carboxylic acids is 1. The highest BCUT2D eigenvalue weighted by Gasteiger charge is 2.26. The first-order valence-electron chi connectivity index (χ1n) is 8.12. The molecule has 3 rings (SSSR count). The zero-order valence-corrected chi connectivity index (χ0v) is 14.4. The van der Waals surface area contributed by atoms with Crippen molar-refractivity contribution in [2.75, 3.05) is 27.2 Å². The van der Waals surface area contributed by atoms with Gasteiger partial charge < -0.3 is 14.1 Å². The van der Waals surface area contributed by atoms with Crippen molar-refractivity contribution in [2.24, 2.45) is 7.05 Å². The summed E-state index contributed by atoms with van der Waals surface area (Å²) in [5.74, 6) is 0.662. The van der Waals surface area contributed by atoms with E-state index in [-0.39, 0.29) is 12.0 Å². The molecule has 2 aromatic rings. The molecule has 3 heterocycles. The number of likely N-dealkylation sites (tertiary alicyclic amines) is 1. The molecular formula is C17H24N4O3. The van der Waals surface area contributed by atoms with Gasteiger partial charge >= 0.3 is 0 Å². The number of carbonyl (C=O) groups is 1. The minimum absolute atomic E-state index is 0.0931. The number of hydrogen-bond acceptors (Lipinski definition) is 5. The maximum absolute atomic E-state index is 12.8. The van der Waals surface area contributed by atoms with Gasteiger partial charge in [-0.05, 0) is 18.6 Å². The molecule has 0 aromatic carbocycles. The van der Waals surface area contributed by atoms with Gasteiger partial charge in [-0.25, -0.2) is 0 Å². The van der Waals surface area contributed by atoms with Crippen molar-refractivity contribution < 1.29 is 13.9 Å². The zero-order chi connectivity index (χ0) is 17.1. The Hall–Kier alpha value is -2.12. The van der Waals surface area contributed by atoms with Gasteiger partial charge in [-0.2, -0.15) is 5.10 Å². The summed E-state index contributed by atoms with van der Waals surface area (Å²) >= 11 is 0. The first-order chi connectivity index (χ1) is 11.6. The lowest BCUT2D eigenvalue weighted by molar-refractivity contribution is 0.0766. The average molecular weight is 332 g/mol. The number of furan rings is 1. The monoisotopic (exact) mass is 332 g/mol. The Kier molecular flexibility index (Phi) is 5.01. The first kappa shape index (κ1) is 16.7. The van der Waals surface area contributed by atoms with Gasteiger partial charge in [-0.15, -0.1) is 0 Å². The summed E-state index contributed by atoms with van der Waals surface area (Å²) in [6.45, 7) is 3.01. The fraction of sp³-hybridized carbons (Fsp3) is 0.529. The van der Waals surface area contributed by atoms with E-state index in [1.807, 2.05) is 25.4 Å². The highest BCUT2D eigenvalue weighted by atomic mass is 16.5. The van der Waals surface area contributed by atoms with Gasteiger partial charge in [0.1, 0.15) is 5.76 Å². The van der Waals surface area contributed by atoms with Crippen LogP contribution in [-0.2, 0) is 24.9 Å². The summed E-state index contributed by atoms with van der Waals surface area (Å²) < 4.78 is 12.4.